The van der Waals surface area contributed by atoms with E-state index in [1.807, 2.05) is 0 Å². The number of hydrogen-bond acceptors (Lipinski definition) is 3. The second kappa shape index (κ2) is 5.30. The highest BCUT2D eigenvalue weighted by atomic mass is 32.2. The van der Waals surface area contributed by atoms with Crippen LogP contribution in [-0.2, 0) is 14.8 Å². The van der Waals surface area contributed by atoms with Gasteiger partial charge in [0.2, 0.25) is 10.0 Å². The summed E-state index contributed by atoms with van der Waals surface area (Å²) >= 11 is 0. The lowest BCUT2D eigenvalue weighted by atomic mass is 10.3. The van der Waals surface area contributed by atoms with Gasteiger partial charge in [0.1, 0.15) is 5.69 Å². The third-order valence-corrected chi connectivity index (χ3v) is 3.28. The maximum absolute atomic E-state index is 13.5. The average molecular weight is 279 g/mol. The molecule has 1 aromatic carbocycles. The Morgan fingerprint density at radius 2 is 1.83 bits per heavy atom. The summed E-state index contributed by atoms with van der Waals surface area (Å²) in [4.78, 5) is 10.4. The van der Waals surface area contributed by atoms with Gasteiger partial charge in [-0.05, 0) is 12.1 Å². The van der Waals surface area contributed by atoms with Gasteiger partial charge in [-0.2, -0.15) is 0 Å². The van der Waals surface area contributed by atoms with Gasteiger partial charge in [-0.15, -0.1) is 0 Å². The summed E-state index contributed by atoms with van der Waals surface area (Å²) in [5, 5.41) is 8.50. The molecule has 0 atom stereocenters. The summed E-state index contributed by atoms with van der Waals surface area (Å²) in [6, 6.07) is 2.89. The van der Waals surface area contributed by atoms with Crippen molar-refractivity contribution in [2.24, 2.45) is 0 Å². The first-order chi connectivity index (χ1) is 8.23. The van der Waals surface area contributed by atoms with Crippen LogP contribution in [0, 0.1) is 11.6 Å². The molecule has 0 heterocycles. The predicted molar refractivity (Wildman–Crippen MR) is 60.8 cm³/mol. The number of nitrogens with zero attached hydrogens (tertiary/aromatic N) is 1. The summed E-state index contributed by atoms with van der Waals surface area (Å²) in [6.07, 6.45) is 0.196. The van der Waals surface area contributed by atoms with Crippen LogP contribution in [0.25, 0.3) is 0 Å². The number of anilines is 1. The number of carbonyl (C=O) groups is 1. The van der Waals surface area contributed by atoms with Crippen molar-refractivity contribution in [1.82, 2.24) is 0 Å². The fourth-order valence-electron chi connectivity index (χ4n) is 1.37. The zero-order chi connectivity index (χ0) is 13.9. The maximum atomic E-state index is 13.5. The second-order valence-corrected chi connectivity index (χ2v) is 5.46. The highest BCUT2D eigenvalue weighted by Gasteiger charge is 2.24. The molecule has 0 unspecified atom stereocenters. The number of halogens is 2. The summed E-state index contributed by atoms with van der Waals surface area (Å²) in [5.41, 5.74) is -0.763. The molecule has 5 nitrogen and oxygen atoms in total. The summed E-state index contributed by atoms with van der Waals surface area (Å²) in [5.74, 6) is -3.39. The normalized spacial score (nSPS) is 11.3. The van der Waals surface area contributed by atoms with Gasteiger partial charge in [0, 0.05) is 6.54 Å². The van der Waals surface area contributed by atoms with Gasteiger partial charge in [-0.25, -0.2) is 17.2 Å². The smallest absolute Gasteiger partial charge is 0.305 e. The summed E-state index contributed by atoms with van der Waals surface area (Å²) < 4.78 is 50.2. The highest BCUT2D eigenvalue weighted by molar-refractivity contribution is 7.92. The van der Waals surface area contributed by atoms with E-state index in [0.717, 1.165) is 24.5 Å². The van der Waals surface area contributed by atoms with Crippen molar-refractivity contribution in [2.75, 3.05) is 17.1 Å². The third-order valence-electron chi connectivity index (χ3n) is 2.12. The van der Waals surface area contributed by atoms with Crippen molar-refractivity contribution >= 4 is 21.7 Å². The highest BCUT2D eigenvalue weighted by Crippen LogP contribution is 2.25. The van der Waals surface area contributed by atoms with E-state index in [4.69, 9.17) is 5.11 Å². The van der Waals surface area contributed by atoms with Crippen LogP contribution in [0.15, 0.2) is 18.2 Å². The van der Waals surface area contributed by atoms with E-state index in [9.17, 15) is 22.0 Å². The zero-order valence-electron chi connectivity index (χ0n) is 9.43. The van der Waals surface area contributed by atoms with Crippen molar-refractivity contribution in [2.45, 2.75) is 6.42 Å². The molecule has 1 rings (SSSR count). The Morgan fingerprint density at radius 1 is 1.33 bits per heavy atom. The van der Waals surface area contributed by atoms with E-state index >= 15 is 0 Å². The number of hydrogen-bond donors (Lipinski definition) is 1. The average Bonchev–Trinajstić information content (AvgIpc) is 2.20. The molecule has 0 bridgehead atoms. The first-order valence-corrected chi connectivity index (χ1v) is 6.72. The van der Waals surface area contributed by atoms with Crippen molar-refractivity contribution in [3.8, 4) is 0 Å². The quantitative estimate of drug-likeness (QED) is 0.879. The molecule has 8 heteroatoms. The maximum Gasteiger partial charge on any atom is 0.305 e. The van der Waals surface area contributed by atoms with Crippen LogP contribution in [0.3, 0.4) is 0 Å². The van der Waals surface area contributed by atoms with Gasteiger partial charge < -0.3 is 5.11 Å². The first kappa shape index (κ1) is 14.4. The van der Waals surface area contributed by atoms with Crippen LogP contribution in [0.1, 0.15) is 6.42 Å². The fraction of sp³-hybridized carbons (Fsp3) is 0.300. The Bertz CT molecular complexity index is 539. The number of rotatable bonds is 5. The van der Waals surface area contributed by atoms with Crippen molar-refractivity contribution < 1.29 is 27.1 Å². The Hall–Kier alpha value is -1.70. The summed E-state index contributed by atoms with van der Waals surface area (Å²) in [6.45, 7) is -0.536. The largest absolute Gasteiger partial charge is 0.481 e. The van der Waals surface area contributed by atoms with Crippen molar-refractivity contribution in [3.63, 3.8) is 0 Å². The molecule has 0 aliphatic heterocycles. The monoisotopic (exact) mass is 279 g/mol. The Balaban J connectivity index is 3.23. The minimum absolute atomic E-state index is 0.409. The Kier molecular flexibility index (Phi) is 4.23. The van der Waals surface area contributed by atoms with Gasteiger partial charge in [0.05, 0.1) is 12.7 Å². The number of carboxylic acids is 1. The van der Waals surface area contributed by atoms with E-state index in [2.05, 4.69) is 0 Å². The number of sulfonamides is 1. The minimum Gasteiger partial charge on any atom is -0.481 e. The van der Waals surface area contributed by atoms with E-state index < -0.39 is 46.3 Å². The van der Waals surface area contributed by atoms with Gasteiger partial charge in [0.15, 0.2) is 11.6 Å². The molecule has 0 aliphatic rings. The molecule has 1 N–H and O–H groups in total. The third kappa shape index (κ3) is 3.39. The van der Waals surface area contributed by atoms with Gasteiger partial charge in [-0.3, -0.25) is 9.10 Å². The number of aliphatic carboxylic acids is 1. The molecular formula is C10H11F2NO4S. The molecular weight excluding hydrogens is 268 g/mol. The summed E-state index contributed by atoms with van der Waals surface area (Å²) in [7, 11) is -3.97. The molecule has 0 fully saturated rings. The Labute approximate surface area is 103 Å². The van der Waals surface area contributed by atoms with Gasteiger partial charge in [0.25, 0.3) is 0 Å². The molecule has 0 saturated heterocycles. The lowest BCUT2D eigenvalue weighted by Gasteiger charge is -2.22. The van der Waals surface area contributed by atoms with Gasteiger partial charge in [-0.1, -0.05) is 6.07 Å². The van der Waals surface area contributed by atoms with E-state index in [-0.39, 0.29) is 0 Å². The van der Waals surface area contributed by atoms with Crippen molar-refractivity contribution in [1.29, 1.82) is 0 Å². The van der Waals surface area contributed by atoms with Gasteiger partial charge >= 0.3 is 5.97 Å². The molecule has 0 aliphatic carbocycles. The van der Waals surface area contributed by atoms with Crippen LogP contribution < -0.4 is 4.31 Å². The predicted octanol–water partition coefficient (Wildman–Crippen LogP) is 1.21. The lowest BCUT2D eigenvalue weighted by Crippen LogP contribution is -2.33. The van der Waals surface area contributed by atoms with Crippen LogP contribution in [0.2, 0.25) is 0 Å². The van der Waals surface area contributed by atoms with Crippen LogP contribution in [-0.4, -0.2) is 32.3 Å². The zero-order valence-corrected chi connectivity index (χ0v) is 10.2. The molecule has 1 aromatic rings. The fourth-order valence-corrected chi connectivity index (χ4v) is 2.30. The topological polar surface area (TPSA) is 74.7 Å². The second-order valence-electron chi connectivity index (χ2n) is 3.55. The minimum atomic E-state index is -3.97. The SMILES string of the molecule is CS(=O)(=O)N(CCC(=O)O)c1c(F)cccc1F. The first-order valence-electron chi connectivity index (χ1n) is 4.87. The van der Waals surface area contributed by atoms with Crippen LogP contribution in [0.5, 0.6) is 0 Å². The Morgan fingerprint density at radius 3 is 2.22 bits per heavy atom. The van der Waals surface area contributed by atoms with Crippen LogP contribution in [0.4, 0.5) is 14.5 Å². The molecule has 0 radical (unpaired) electrons. The van der Waals surface area contributed by atoms with Crippen LogP contribution >= 0.6 is 0 Å². The lowest BCUT2D eigenvalue weighted by molar-refractivity contribution is -0.136. The number of para-hydroxylation sites is 1. The number of benzene rings is 1. The number of carboxylic acid groups (broad SMARTS) is 1. The molecule has 100 valence electrons. The van der Waals surface area contributed by atoms with E-state index in [0.29, 0.717) is 4.31 Å². The molecule has 0 aromatic heterocycles. The molecule has 0 spiro atoms. The van der Waals surface area contributed by atoms with Crippen molar-refractivity contribution in [3.05, 3.63) is 29.8 Å². The molecule has 0 saturated carbocycles. The molecule has 0 amide bonds. The van der Waals surface area contributed by atoms with E-state index in [1.165, 1.54) is 0 Å². The van der Waals surface area contributed by atoms with E-state index in [1.54, 1.807) is 0 Å². The molecule has 18 heavy (non-hydrogen) atoms. The standard InChI is InChI=1S/C10H11F2NO4S/c1-18(16,17)13(6-5-9(14)15)10-7(11)3-2-4-8(10)12/h2-4H,5-6H2,1H3,(H,14,15).